The molecule has 0 saturated heterocycles. The Morgan fingerprint density at radius 1 is 1.50 bits per heavy atom. The molecule has 5 nitrogen and oxygen atoms in total. The minimum Gasteiger partial charge on any atom is -0.476 e. The number of carbonyl (C=O) groups is 1. The van der Waals surface area contributed by atoms with Gasteiger partial charge < -0.3 is 10.1 Å². The van der Waals surface area contributed by atoms with Crippen molar-refractivity contribution >= 4 is 5.97 Å². The molecule has 0 aromatic carbocycles. The van der Waals surface area contributed by atoms with Gasteiger partial charge in [-0.2, -0.15) is 4.98 Å². The Bertz CT molecular complexity index is 502. The summed E-state index contributed by atoms with van der Waals surface area (Å²) in [6, 6.07) is 0. The first-order chi connectivity index (χ1) is 7.42. The lowest BCUT2D eigenvalue weighted by Gasteiger charge is -2.31. The zero-order chi connectivity index (χ0) is 11.9. The zero-order valence-corrected chi connectivity index (χ0v) is 9.33. The molecule has 0 saturated carbocycles. The topological polar surface area (TPSA) is 83.0 Å². The molecule has 0 unspecified atom stereocenters. The highest BCUT2D eigenvalue weighted by Crippen LogP contribution is 2.35. The fraction of sp³-hybridized carbons (Fsp3) is 0.545. The first kappa shape index (κ1) is 10.9. The zero-order valence-electron chi connectivity index (χ0n) is 9.33. The first-order valence-electron chi connectivity index (χ1n) is 5.29. The number of carboxylic acids is 1. The average molecular weight is 222 g/mol. The van der Waals surface area contributed by atoms with Gasteiger partial charge in [-0.3, -0.25) is 0 Å². The van der Waals surface area contributed by atoms with Crippen molar-refractivity contribution in [1.29, 1.82) is 0 Å². The third-order valence-corrected chi connectivity index (χ3v) is 3.14. The number of aromatic amines is 1. The lowest BCUT2D eigenvalue weighted by atomic mass is 9.75. The van der Waals surface area contributed by atoms with Crippen molar-refractivity contribution in [3.63, 3.8) is 0 Å². The molecule has 0 spiro atoms. The van der Waals surface area contributed by atoms with Gasteiger partial charge in [-0.1, -0.05) is 13.8 Å². The number of nitrogens with one attached hydrogen (secondary N) is 1. The van der Waals surface area contributed by atoms with Crippen LogP contribution in [0.25, 0.3) is 0 Å². The summed E-state index contributed by atoms with van der Waals surface area (Å²) in [5, 5.41) is 9.02. The smallest absolute Gasteiger partial charge is 0.355 e. The predicted octanol–water partition coefficient (Wildman–Crippen LogP) is 1.08. The maximum Gasteiger partial charge on any atom is 0.355 e. The van der Waals surface area contributed by atoms with E-state index in [1.807, 2.05) is 13.8 Å². The normalized spacial score (nSPS) is 17.9. The Labute approximate surface area is 92.5 Å². The Hall–Kier alpha value is -1.65. The molecule has 0 atom stereocenters. The second-order valence-electron chi connectivity index (χ2n) is 4.79. The molecular weight excluding hydrogens is 208 g/mol. The van der Waals surface area contributed by atoms with E-state index in [0.29, 0.717) is 12.0 Å². The van der Waals surface area contributed by atoms with E-state index in [1.54, 1.807) is 0 Å². The Morgan fingerprint density at radius 2 is 2.19 bits per heavy atom. The molecule has 0 radical (unpaired) electrons. The molecule has 16 heavy (non-hydrogen) atoms. The van der Waals surface area contributed by atoms with Crippen LogP contribution >= 0.6 is 0 Å². The highest BCUT2D eigenvalue weighted by molar-refractivity contribution is 5.87. The van der Waals surface area contributed by atoms with Crippen molar-refractivity contribution in [2.75, 3.05) is 0 Å². The Morgan fingerprint density at radius 3 is 2.81 bits per heavy atom. The number of hydrogen-bond acceptors (Lipinski definition) is 3. The quantitative estimate of drug-likeness (QED) is 0.744. The molecule has 86 valence electrons. The fourth-order valence-corrected chi connectivity index (χ4v) is 2.33. The van der Waals surface area contributed by atoms with Gasteiger partial charge in [0.05, 0.1) is 0 Å². The van der Waals surface area contributed by atoms with Crippen molar-refractivity contribution in [2.24, 2.45) is 0 Å². The van der Waals surface area contributed by atoms with Gasteiger partial charge in [-0.15, -0.1) is 0 Å². The second-order valence-corrected chi connectivity index (χ2v) is 4.79. The van der Waals surface area contributed by atoms with Crippen molar-refractivity contribution in [3.05, 3.63) is 27.4 Å². The van der Waals surface area contributed by atoms with Gasteiger partial charge in [-0.05, 0) is 19.3 Å². The number of fused-ring (bicyclic) bond motifs is 1. The van der Waals surface area contributed by atoms with E-state index in [2.05, 4.69) is 9.97 Å². The molecule has 0 bridgehead atoms. The van der Waals surface area contributed by atoms with Gasteiger partial charge in [0.15, 0.2) is 5.69 Å². The average Bonchev–Trinajstić information content (AvgIpc) is 2.17. The minimum atomic E-state index is -1.12. The molecule has 1 aromatic rings. The van der Waals surface area contributed by atoms with Crippen LogP contribution in [0.2, 0.25) is 0 Å². The van der Waals surface area contributed by atoms with Crippen LogP contribution in [0, 0.1) is 0 Å². The van der Waals surface area contributed by atoms with Crippen LogP contribution in [-0.2, 0) is 11.8 Å². The molecule has 2 rings (SSSR count). The molecular formula is C11H14N2O3. The molecule has 0 amide bonds. The number of hydrogen-bond donors (Lipinski definition) is 2. The molecule has 0 fully saturated rings. The third-order valence-electron chi connectivity index (χ3n) is 3.14. The highest BCUT2D eigenvalue weighted by Gasteiger charge is 2.32. The van der Waals surface area contributed by atoms with Crippen LogP contribution in [-0.4, -0.2) is 21.0 Å². The van der Waals surface area contributed by atoms with Crippen molar-refractivity contribution in [2.45, 2.75) is 38.5 Å². The van der Waals surface area contributed by atoms with Crippen molar-refractivity contribution in [3.8, 4) is 0 Å². The van der Waals surface area contributed by atoms with Gasteiger partial charge >= 0.3 is 11.7 Å². The SMILES string of the molecule is CC1(C)CCCc2c(C(=O)O)nc(=O)[nH]c21. The largest absolute Gasteiger partial charge is 0.476 e. The number of carboxylic acid groups (broad SMARTS) is 1. The van der Waals surface area contributed by atoms with E-state index in [0.717, 1.165) is 18.5 Å². The Kier molecular flexibility index (Phi) is 2.33. The third kappa shape index (κ3) is 1.62. The summed E-state index contributed by atoms with van der Waals surface area (Å²) in [7, 11) is 0. The van der Waals surface area contributed by atoms with Gasteiger partial charge in [0.1, 0.15) is 0 Å². The predicted molar refractivity (Wildman–Crippen MR) is 57.8 cm³/mol. The summed E-state index contributed by atoms with van der Waals surface area (Å²) >= 11 is 0. The standard InChI is InChI=1S/C11H14N2O3/c1-11(2)5-3-4-6-7(9(14)15)12-10(16)13-8(6)11/h3-5H2,1-2H3,(H,14,15)(H,12,13,16). The summed E-state index contributed by atoms with van der Waals surface area (Å²) < 4.78 is 0. The lowest BCUT2D eigenvalue weighted by Crippen LogP contribution is -2.32. The maximum absolute atomic E-state index is 11.3. The van der Waals surface area contributed by atoms with Gasteiger partial charge in [-0.25, -0.2) is 9.59 Å². The first-order valence-corrected chi connectivity index (χ1v) is 5.29. The maximum atomic E-state index is 11.3. The number of nitrogens with zero attached hydrogens (tertiary/aromatic N) is 1. The van der Waals surface area contributed by atoms with Crippen LogP contribution in [0.1, 0.15) is 48.4 Å². The summed E-state index contributed by atoms with van der Waals surface area (Å²) in [6.07, 6.45) is 2.54. The molecule has 1 heterocycles. The number of aromatic nitrogens is 2. The molecule has 1 aliphatic rings. The van der Waals surface area contributed by atoms with Crippen LogP contribution < -0.4 is 5.69 Å². The summed E-state index contributed by atoms with van der Waals surface area (Å²) in [6.45, 7) is 4.01. The second kappa shape index (κ2) is 3.43. The van der Waals surface area contributed by atoms with E-state index in [-0.39, 0.29) is 11.1 Å². The number of aromatic carboxylic acids is 1. The van der Waals surface area contributed by atoms with E-state index in [4.69, 9.17) is 5.11 Å². The van der Waals surface area contributed by atoms with E-state index in [1.165, 1.54) is 0 Å². The van der Waals surface area contributed by atoms with Crippen molar-refractivity contribution < 1.29 is 9.90 Å². The summed E-state index contributed by atoms with van der Waals surface area (Å²) in [5.74, 6) is -1.12. The Balaban J connectivity index is 2.73. The number of H-pyrrole nitrogens is 1. The van der Waals surface area contributed by atoms with Gasteiger partial charge in [0.2, 0.25) is 0 Å². The van der Waals surface area contributed by atoms with Crippen LogP contribution in [0.4, 0.5) is 0 Å². The van der Waals surface area contributed by atoms with Crippen molar-refractivity contribution in [1.82, 2.24) is 9.97 Å². The minimum absolute atomic E-state index is 0.0912. The molecule has 1 aromatic heterocycles. The molecule has 5 heteroatoms. The monoisotopic (exact) mass is 222 g/mol. The molecule has 1 aliphatic carbocycles. The molecule has 2 N–H and O–H groups in total. The lowest BCUT2D eigenvalue weighted by molar-refractivity contribution is 0.0687. The van der Waals surface area contributed by atoms with Crippen LogP contribution in [0.5, 0.6) is 0 Å². The van der Waals surface area contributed by atoms with E-state index < -0.39 is 11.7 Å². The summed E-state index contributed by atoms with van der Waals surface area (Å²) in [4.78, 5) is 28.6. The van der Waals surface area contributed by atoms with E-state index in [9.17, 15) is 9.59 Å². The van der Waals surface area contributed by atoms with Crippen LogP contribution in [0.3, 0.4) is 0 Å². The van der Waals surface area contributed by atoms with E-state index >= 15 is 0 Å². The van der Waals surface area contributed by atoms with Crippen LogP contribution in [0.15, 0.2) is 4.79 Å². The van der Waals surface area contributed by atoms with Gasteiger partial charge in [0.25, 0.3) is 0 Å². The molecule has 0 aliphatic heterocycles. The summed E-state index contributed by atoms with van der Waals surface area (Å²) in [5.41, 5.74) is 0.567. The van der Waals surface area contributed by atoms with Gasteiger partial charge in [0, 0.05) is 16.7 Å². The number of rotatable bonds is 1. The highest BCUT2D eigenvalue weighted by atomic mass is 16.4. The fourth-order valence-electron chi connectivity index (χ4n) is 2.33.